The minimum Gasteiger partial charge on any atom is -0.376 e. The van der Waals surface area contributed by atoms with Crippen LogP contribution in [-0.2, 0) is 15.0 Å². The van der Waals surface area contributed by atoms with E-state index >= 15 is 0 Å². The molecule has 29 heavy (non-hydrogen) atoms. The molecule has 1 aliphatic rings. The van der Waals surface area contributed by atoms with E-state index in [-0.39, 0.29) is 23.8 Å². The molecule has 0 heterocycles. The Morgan fingerprint density at radius 3 is 2.28 bits per heavy atom. The molecule has 2 aromatic carbocycles. The second kappa shape index (κ2) is 8.68. The molecule has 0 aliphatic heterocycles. The lowest BCUT2D eigenvalue weighted by Crippen LogP contribution is -2.46. The molecular formula is C24H31N3O2. The zero-order valence-electron chi connectivity index (χ0n) is 17.5. The molecule has 2 aromatic rings. The van der Waals surface area contributed by atoms with Crippen molar-refractivity contribution in [2.24, 2.45) is 5.41 Å². The van der Waals surface area contributed by atoms with Gasteiger partial charge in [0.15, 0.2) is 0 Å². The van der Waals surface area contributed by atoms with E-state index in [2.05, 4.69) is 40.2 Å². The third kappa shape index (κ3) is 5.37. The summed E-state index contributed by atoms with van der Waals surface area (Å²) in [6.07, 6.45) is 3.43. The fourth-order valence-corrected chi connectivity index (χ4v) is 3.50. The topological polar surface area (TPSA) is 70.2 Å². The van der Waals surface area contributed by atoms with Crippen molar-refractivity contribution in [3.05, 3.63) is 60.2 Å². The van der Waals surface area contributed by atoms with Gasteiger partial charge < -0.3 is 16.0 Å². The molecule has 1 aliphatic carbocycles. The second-order valence-corrected chi connectivity index (χ2v) is 8.92. The van der Waals surface area contributed by atoms with Crippen LogP contribution in [0.1, 0.15) is 45.6 Å². The Balaban J connectivity index is 1.51. The van der Waals surface area contributed by atoms with Gasteiger partial charge >= 0.3 is 0 Å². The quantitative estimate of drug-likeness (QED) is 0.656. The smallest absolute Gasteiger partial charge is 0.239 e. The minimum absolute atomic E-state index is 0.0312. The fraction of sp³-hybridized carbons (Fsp3) is 0.417. The predicted molar refractivity (Wildman–Crippen MR) is 118 cm³/mol. The van der Waals surface area contributed by atoms with Crippen LogP contribution in [0.5, 0.6) is 0 Å². The highest BCUT2D eigenvalue weighted by atomic mass is 16.2. The third-order valence-corrected chi connectivity index (χ3v) is 5.58. The van der Waals surface area contributed by atoms with Crippen molar-refractivity contribution in [3.63, 3.8) is 0 Å². The first-order valence-electron chi connectivity index (χ1n) is 10.3. The van der Waals surface area contributed by atoms with E-state index < -0.39 is 5.41 Å². The molecule has 3 N–H and O–H groups in total. The number of rotatable bonds is 7. The summed E-state index contributed by atoms with van der Waals surface area (Å²) in [5.74, 6) is -0.0737. The van der Waals surface area contributed by atoms with Crippen LogP contribution in [0.25, 0.3) is 0 Å². The molecule has 3 rings (SSSR count). The second-order valence-electron chi connectivity index (χ2n) is 8.92. The predicted octanol–water partition coefficient (Wildman–Crippen LogP) is 4.32. The van der Waals surface area contributed by atoms with Crippen molar-refractivity contribution < 1.29 is 9.59 Å². The monoisotopic (exact) mass is 393 g/mol. The van der Waals surface area contributed by atoms with Crippen LogP contribution >= 0.6 is 0 Å². The van der Waals surface area contributed by atoms with Crippen molar-refractivity contribution in [1.82, 2.24) is 5.32 Å². The molecule has 2 amide bonds. The van der Waals surface area contributed by atoms with Crippen LogP contribution in [0.15, 0.2) is 54.6 Å². The number of amides is 2. The van der Waals surface area contributed by atoms with E-state index in [0.29, 0.717) is 12.2 Å². The molecule has 0 bridgehead atoms. The van der Waals surface area contributed by atoms with Gasteiger partial charge in [0.1, 0.15) is 0 Å². The Kier molecular flexibility index (Phi) is 6.26. The zero-order chi connectivity index (χ0) is 20.9. The Morgan fingerprint density at radius 1 is 0.966 bits per heavy atom. The lowest BCUT2D eigenvalue weighted by atomic mass is 9.64. The number of carbonyl (C=O) groups is 2. The van der Waals surface area contributed by atoms with E-state index in [1.807, 2.05) is 51.1 Å². The van der Waals surface area contributed by atoms with Gasteiger partial charge in [-0.1, -0.05) is 63.6 Å². The van der Waals surface area contributed by atoms with Gasteiger partial charge in [-0.05, 0) is 36.6 Å². The summed E-state index contributed by atoms with van der Waals surface area (Å²) in [7, 11) is 0. The molecular weight excluding hydrogens is 362 g/mol. The van der Waals surface area contributed by atoms with Gasteiger partial charge in [0.25, 0.3) is 0 Å². The summed E-state index contributed by atoms with van der Waals surface area (Å²) in [5.41, 5.74) is 2.44. The molecule has 154 valence electrons. The lowest BCUT2D eigenvalue weighted by Gasteiger charge is -2.42. The van der Waals surface area contributed by atoms with E-state index in [9.17, 15) is 9.59 Å². The minimum atomic E-state index is -0.459. The molecule has 5 nitrogen and oxygen atoms in total. The van der Waals surface area contributed by atoms with E-state index in [1.54, 1.807) is 0 Å². The summed E-state index contributed by atoms with van der Waals surface area (Å²) in [5, 5.41) is 9.14. The average Bonchev–Trinajstić information content (AvgIpc) is 2.66. The van der Waals surface area contributed by atoms with Crippen LogP contribution in [0.4, 0.5) is 11.4 Å². The molecule has 0 spiro atoms. The van der Waals surface area contributed by atoms with Gasteiger partial charge in [0.2, 0.25) is 11.8 Å². The Morgan fingerprint density at radius 2 is 1.66 bits per heavy atom. The van der Waals surface area contributed by atoms with Gasteiger partial charge in [0, 0.05) is 28.7 Å². The van der Waals surface area contributed by atoms with Crippen molar-refractivity contribution in [1.29, 1.82) is 0 Å². The summed E-state index contributed by atoms with van der Waals surface area (Å²) < 4.78 is 0. The molecule has 0 saturated heterocycles. The van der Waals surface area contributed by atoms with E-state index in [4.69, 9.17) is 0 Å². The molecule has 0 atom stereocenters. The number of carbonyl (C=O) groups excluding carboxylic acids is 2. The summed E-state index contributed by atoms with van der Waals surface area (Å²) in [6, 6.07) is 17.9. The summed E-state index contributed by atoms with van der Waals surface area (Å²) in [4.78, 5) is 24.5. The molecule has 0 unspecified atom stereocenters. The molecule has 1 saturated carbocycles. The van der Waals surface area contributed by atoms with Gasteiger partial charge in [-0.25, -0.2) is 0 Å². The molecule has 0 aromatic heterocycles. The maximum Gasteiger partial charge on any atom is 0.239 e. The maximum absolute atomic E-state index is 12.4. The van der Waals surface area contributed by atoms with Crippen molar-refractivity contribution in [2.75, 3.05) is 23.7 Å². The van der Waals surface area contributed by atoms with Crippen LogP contribution in [0.2, 0.25) is 0 Å². The third-order valence-electron chi connectivity index (χ3n) is 5.58. The lowest BCUT2D eigenvalue weighted by molar-refractivity contribution is -0.123. The fourth-order valence-electron chi connectivity index (χ4n) is 3.50. The maximum atomic E-state index is 12.4. The molecule has 5 heteroatoms. The average molecular weight is 394 g/mol. The highest BCUT2D eigenvalue weighted by Gasteiger charge is 2.38. The summed E-state index contributed by atoms with van der Waals surface area (Å²) >= 11 is 0. The van der Waals surface area contributed by atoms with Crippen molar-refractivity contribution >= 4 is 23.2 Å². The highest BCUT2D eigenvalue weighted by Crippen LogP contribution is 2.43. The number of benzene rings is 2. The zero-order valence-corrected chi connectivity index (χ0v) is 17.5. The standard InChI is InChI=1S/C24H31N3O2/c1-23(2,3)22(29)27-20-12-7-11-19(15-20)25-16-21(28)26-17-24(13-8-14-24)18-9-5-4-6-10-18/h4-7,9-12,15,25H,8,13-14,16-17H2,1-3H3,(H,26,28)(H,27,29). The number of nitrogens with one attached hydrogen (secondary N) is 3. The first-order valence-corrected chi connectivity index (χ1v) is 10.3. The largest absolute Gasteiger partial charge is 0.376 e. The highest BCUT2D eigenvalue weighted by molar-refractivity contribution is 5.95. The van der Waals surface area contributed by atoms with Crippen LogP contribution in [-0.4, -0.2) is 24.9 Å². The van der Waals surface area contributed by atoms with Crippen LogP contribution in [0.3, 0.4) is 0 Å². The van der Waals surface area contributed by atoms with Crippen LogP contribution < -0.4 is 16.0 Å². The molecule has 0 radical (unpaired) electrons. The Bertz CT molecular complexity index is 852. The van der Waals surface area contributed by atoms with Crippen molar-refractivity contribution in [3.8, 4) is 0 Å². The van der Waals surface area contributed by atoms with E-state index in [1.165, 1.54) is 12.0 Å². The number of hydrogen-bond donors (Lipinski definition) is 3. The first kappa shape index (κ1) is 20.9. The number of anilines is 2. The SMILES string of the molecule is CC(C)(C)C(=O)Nc1cccc(NCC(=O)NCC2(c3ccccc3)CCC2)c1. The van der Waals surface area contributed by atoms with Crippen molar-refractivity contribution in [2.45, 2.75) is 45.4 Å². The van der Waals surface area contributed by atoms with E-state index in [0.717, 1.165) is 18.5 Å². The van der Waals surface area contributed by atoms with Gasteiger partial charge in [0.05, 0.1) is 6.54 Å². The van der Waals surface area contributed by atoms with Gasteiger partial charge in [-0.15, -0.1) is 0 Å². The molecule has 1 fully saturated rings. The summed E-state index contributed by atoms with van der Waals surface area (Å²) in [6.45, 7) is 6.48. The van der Waals surface area contributed by atoms with Gasteiger partial charge in [-0.2, -0.15) is 0 Å². The first-order chi connectivity index (χ1) is 13.8. The Hall–Kier alpha value is -2.82. The normalized spacial score (nSPS) is 15.1. The van der Waals surface area contributed by atoms with Crippen LogP contribution in [0, 0.1) is 5.41 Å². The number of hydrogen-bond acceptors (Lipinski definition) is 3. The van der Waals surface area contributed by atoms with Gasteiger partial charge in [-0.3, -0.25) is 9.59 Å². The Labute approximate surface area is 173 Å².